The second-order valence-electron chi connectivity index (χ2n) is 3.16. The average Bonchev–Trinajstić information content (AvgIpc) is 2.17. The first-order chi connectivity index (χ1) is 7.47. The molecule has 0 unspecified atom stereocenters. The number of carbonyl (C=O) groups is 1. The molecular formula is C9H13N2O4P. The molecule has 1 aromatic carbocycles. The molecule has 0 fully saturated rings. The number of carbonyl (C=O) groups excluding carboxylic acids is 1. The molecule has 0 atom stereocenters. The normalized spacial score (nSPS) is 11.1. The highest BCUT2D eigenvalue weighted by Crippen LogP contribution is 2.31. The molecule has 0 saturated carbocycles. The number of benzene rings is 1. The van der Waals surface area contributed by atoms with E-state index in [-0.39, 0.29) is 12.5 Å². The van der Waals surface area contributed by atoms with Crippen molar-refractivity contribution >= 4 is 19.2 Å². The standard InChI is InChI=1S/C9H13N2O4P/c12-9(6-10-7-16(13,14)15)11-8-4-2-1-3-5-8/h1-5,10H,6-7H2,(H,11,12)(H2,13,14,15). The van der Waals surface area contributed by atoms with Crippen LogP contribution < -0.4 is 10.6 Å². The van der Waals surface area contributed by atoms with Crippen molar-refractivity contribution < 1.29 is 19.1 Å². The van der Waals surface area contributed by atoms with Crippen LogP contribution in [-0.2, 0) is 9.36 Å². The lowest BCUT2D eigenvalue weighted by Crippen LogP contribution is -2.28. The summed E-state index contributed by atoms with van der Waals surface area (Å²) in [5, 5.41) is 4.94. The summed E-state index contributed by atoms with van der Waals surface area (Å²) in [7, 11) is -4.10. The minimum Gasteiger partial charge on any atom is -0.325 e. The molecule has 0 aliphatic rings. The first-order valence-corrected chi connectivity index (χ1v) is 6.37. The van der Waals surface area contributed by atoms with E-state index >= 15 is 0 Å². The van der Waals surface area contributed by atoms with E-state index < -0.39 is 13.9 Å². The Balaban J connectivity index is 2.30. The Morgan fingerprint density at radius 1 is 1.25 bits per heavy atom. The van der Waals surface area contributed by atoms with Crippen LogP contribution in [0, 0.1) is 0 Å². The largest absolute Gasteiger partial charge is 0.339 e. The summed E-state index contributed by atoms with van der Waals surface area (Å²) in [6, 6.07) is 8.82. The smallest absolute Gasteiger partial charge is 0.325 e. The van der Waals surface area contributed by atoms with Crippen LogP contribution in [0.1, 0.15) is 0 Å². The van der Waals surface area contributed by atoms with Crippen LogP contribution in [0.5, 0.6) is 0 Å². The third kappa shape index (κ3) is 5.63. The van der Waals surface area contributed by atoms with Crippen LogP contribution in [-0.4, -0.2) is 28.5 Å². The number of para-hydroxylation sites is 1. The Hall–Kier alpha value is -1.20. The topological polar surface area (TPSA) is 98.7 Å². The van der Waals surface area contributed by atoms with Gasteiger partial charge in [-0.15, -0.1) is 0 Å². The highest BCUT2D eigenvalue weighted by Gasteiger charge is 2.12. The number of rotatable bonds is 5. The summed E-state index contributed by atoms with van der Waals surface area (Å²) < 4.78 is 10.5. The van der Waals surface area contributed by atoms with Crippen LogP contribution in [0.2, 0.25) is 0 Å². The zero-order valence-electron chi connectivity index (χ0n) is 8.46. The van der Waals surface area contributed by atoms with Gasteiger partial charge in [0.1, 0.15) is 0 Å². The highest BCUT2D eigenvalue weighted by molar-refractivity contribution is 7.51. The zero-order chi connectivity index (χ0) is 12.0. The predicted molar refractivity (Wildman–Crippen MR) is 60.0 cm³/mol. The van der Waals surface area contributed by atoms with E-state index in [4.69, 9.17) is 9.79 Å². The van der Waals surface area contributed by atoms with Crippen molar-refractivity contribution in [3.63, 3.8) is 0 Å². The molecule has 88 valence electrons. The van der Waals surface area contributed by atoms with Crippen molar-refractivity contribution in [3.05, 3.63) is 30.3 Å². The Morgan fingerprint density at radius 3 is 2.44 bits per heavy atom. The fourth-order valence-electron chi connectivity index (χ4n) is 1.04. The van der Waals surface area contributed by atoms with Gasteiger partial charge in [-0.2, -0.15) is 0 Å². The van der Waals surface area contributed by atoms with Crippen LogP contribution in [0.4, 0.5) is 5.69 Å². The number of hydrogen-bond donors (Lipinski definition) is 4. The van der Waals surface area contributed by atoms with E-state index in [1.807, 2.05) is 6.07 Å². The molecule has 0 aliphatic carbocycles. The Bertz CT molecular complexity index is 390. The summed E-state index contributed by atoms with van der Waals surface area (Å²) in [6.07, 6.45) is -0.505. The average molecular weight is 244 g/mol. The second kappa shape index (κ2) is 5.77. The fraction of sp³-hybridized carbons (Fsp3) is 0.222. The number of amides is 1. The van der Waals surface area contributed by atoms with Gasteiger partial charge in [0.15, 0.2) is 0 Å². The van der Waals surface area contributed by atoms with Gasteiger partial charge in [-0.25, -0.2) is 0 Å². The van der Waals surface area contributed by atoms with E-state index in [1.54, 1.807) is 24.3 Å². The van der Waals surface area contributed by atoms with Gasteiger partial charge >= 0.3 is 7.60 Å². The number of nitrogens with one attached hydrogen (secondary N) is 2. The number of anilines is 1. The molecule has 0 aliphatic heterocycles. The van der Waals surface area contributed by atoms with E-state index in [9.17, 15) is 9.36 Å². The summed E-state index contributed by atoms with van der Waals surface area (Å²) >= 11 is 0. The molecule has 4 N–H and O–H groups in total. The van der Waals surface area contributed by atoms with Crippen LogP contribution in [0.3, 0.4) is 0 Å². The first-order valence-electron chi connectivity index (χ1n) is 4.57. The van der Waals surface area contributed by atoms with E-state index in [2.05, 4.69) is 10.6 Å². The van der Waals surface area contributed by atoms with E-state index in [0.717, 1.165) is 0 Å². The molecular weight excluding hydrogens is 231 g/mol. The van der Waals surface area contributed by atoms with E-state index in [0.29, 0.717) is 5.69 Å². The number of hydrogen-bond acceptors (Lipinski definition) is 3. The predicted octanol–water partition coefficient (Wildman–Crippen LogP) is 0.350. The van der Waals surface area contributed by atoms with Gasteiger partial charge in [0.25, 0.3) is 0 Å². The molecule has 0 heterocycles. The van der Waals surface area contributed by atoms with Gasteiger partial charge in [0.2, 0.25) is 5.91 Å². The fourth-order valence-corrected chi connectivity index (χ4v) is 1.44. The minimum absolute atomic E-state index is 0.139. The van der Waals surface area contributed by atoms with Gasteiger partial charge < -0.3 is 15.1 Å². The molecule has 0 spiro atoms. The Morgan fingerprint density at radius 2 is 1.88 bits per heavy atom. The van der Waals surface area contributed by atoms with Crippen molar-refractivity contribution in [1.29, 1.82) is 0 Å². The third-order valence-electron chi connectivity index (χ3n) is 1.66. The van der Waals surface area contributed by atoms with Gasteiger partial charge in [-0.3, -0.25) is 14.7 Å². The van der Waals surface area contributed by atoms with Crippen LogP contribution >= 0.6 is 7.60 Å². The molecule has 0 bridgehead atoms. The molecule has 6 nitrogen and oxygen atoms in total. The van der Waals surface area contributed by atoms with Gasteiger partial charge in [0, 0.05) is 5.69 Å². The summed E-state index contributed by atoms with van der Waals surface area (Å²) in [5.41, 5.74) is 0.644. The molecule has 0 saturated heterocycles. The van der Waals surface area contributed by atoms with Crippen molar-refractivity contribution in [2.24, 2.45) is 0 Å². The van der Waals surface area contributed by atoms with E-state index in [1.165, 1.54) is 0 Å². The quantitative estimate of drug-likeness (QED) is 0.560. The summed E-state index contributed by atoms with van der Waals surface area (Å²) in [5.74, 6) is -0.348. The van der Waals surface area contributed by atoms with Crippen LogP contribution in [0.15, 0.2) is 30.3 Å². The molecule has 1 aromatic rings. The Labute approximate surface area is 92.8 Å². The SMILES string of the molecule is O=C(CNCP(=O)(O)O)Nc1ccccc1. The monoisotopic (exact) mass is 244 g/mol. The van der Waals surface area contributed by atoms with Gasteiger partial charge in [-0.05, 0) is 12.1 Å². The lowest BCUT2D eigenvalue weighted by molar-refractivity contribution is -0.115. The molecule has 0 aromatic heterocycles. The molecule has 1 rings (SSSR count). The molecule has 1 amide bonds. The maximum absolute atomic E-state index is 11.3. The second-order valence-corrected chi connectivity index (χ2v) is 4.81. The third-order valence-corrected chi connectivity index (χ3v) is 2.30. The zero-order valence-corrected chi connectivity index (χ0v) is 9.35. The Kier molecular flexibility index (Phi) is 4.64. The van der Waals surface area contributed by atoms with Gasteiger partial charge in [-0.1, -0.05) is 18.2 Å². The molecule has 7 heteroatoms. The lowest BCUT2D eigenvalue weighted by Gasteiger charge is -2.07. The minimum atomic E-state index is -4.10. The summed E-state index contributed by atoms with van der Waals surface area (Å²) in [4.78, 5) is 28.3. The lowest BCUT2D eigenvalue weighted by atomic mass is 10.3. The molecule has 0 radical (unpaired) electrons. The maximum Gasteiger partial charge on any atom is 0.339 e. The van der Waals surface area contributed by atoms with Crippen molar-refractivity contribution in [2.75, 3.05) is 18.1 Å². The maximum atomic E-state index is 11.3. The highest BCUT2D eigenvalue weighted by atomic mass is 31.2. The summed E-state index contributed by atoms with van der Waals surface area (Å²) in [6.45, 7) is -0.139. The first kappa shape index (κ1) is 12.9. The van der Waals surface area contributed by atoms with Crippen LogP contribution in [0.25, 0.3) is 0 Å². The van der Waals surface area contributed by atoms with Crippen molar-refractivity contribution in [1.82, 2.24) is 5.32 Å². The molecule has 16 heavy (non-hydrogen) atoms. The van der Waals surface area contributed by atoms with Crippen molar-refractivity contribution in [2.45, 2.75) is 0 Å². The van der Waals surface area contributed by atoms with Crippen molar-refractivity contribution in [3.8, 4) is 0 Å². The van der Waals surface area contributed by atoms with Gasteiger partial charge in [0.05, 0.1) is 12.8 Å².